The first-order valence-electron chi connectivity index (χ1n) is 6.79. The first-order chi connectivity index (χ1) is 8.62. The highest BCUT2D eigenvalue weighted by Crippen LogP contribution is 2.41. The summed E-state index contributed by atoms with van der Waals surface area (Å²) in [4.78, 5) is 37.3. The number of barbiturate groups is 1. The summed E-state index contributed by atoms with van der Waals surface area (Å²) in [7, 11) is 0. The molecule has 0 aromatic heterocycles. The Morgan fingerprint density at radius 1 is 1.17 bits per heavy atom. The molecule has 1 N–H and O–H groups in total. The number of nitrogens with zero attached hydrogens (tertiary/aromatic N) is 1. The van der Waals surface area contributed by atoms with E-state index in [0.29, 0.717) is 19.4 Å². The number of amides is 4. The topological polar surface area (TPSA) is 66.5 Å². The van der Waals surface area contributed by atoms with E-state index in [1.165, 1.54) is 4.90 Å². The second-order valence-corrected chi connectivity index (χ2v) is 5.21. The number of urea groups is 1. The Bertz CT molecular complexity index is 372. The molecule has 2 aliphatic rings. The third-order valence-electron chi connectivity index (χ3n) is 4.00. The number of nitrogens with one attached hydrogen (secondary N) is 1. The molecular formula is C13H20N2O3. The van der Waals surface area contributed by atoms with Gasteiger partial charge in [-0.25, -0.2) is 4.79 Å². The maximum absolute atomic E-state index is 12.4. The smallest absolute Gasteiger partial charge is 0.277 e. The number of rotatable bonds is 4. The van der Waals surface area contributed by atoms with Gasteiger partial charge < -0.3 is 0 Å². The number of carbonyl (C=O) groups excluding carboxylic acids is 3. The number of carbonyl (C=O) groups is 3. The highest BCUT2D eigenvalue weighted by molar-refractivity contribution is 6.19. The maximum atomic E-state index is 12.4. The van der Waals surface area contributed by atoms with Crippen LogP contribution in [0.1, 0.15) is 51.9 Å². The predicted molar refractivity (Wildman–Crippen MR) is 65.7 cm³/mol. The largest absolute Gasteiger partial charge is 0.330 e. The van der Waals surface area contributed by atoms with Crippen molar-refractivity contribution >= 4 is 17.8 Å². The van der Waals surface area contributed by atoms with E-state index in [4.69, 9.17) is 0 Å². The van der Waals surface area contributed by atoms with Crippen LogP contribution in [0.15, 0.2) is 0 Å². The molecule has 4 amide bonds. The van der Waals surface area contributed by atoms with Crippen molar-refractivity contribution in [1.82, 2.24) is 10.2 Å². The molecule has 0 unspecified atom stereocenters. The number of hydrogen-bond donors (Lipinski definition) is 1. The summed E-state index contributed by atoms with van der Waals surface area (Å²) in [5.41, 5.74) is -0.944. The lowest BCUT2D eigenvalue weighted by atomic mass is 9.82. The van der Waals surface area contributed by atoms with Gasteiger partial charge >= 0.3 is 6.03 Å². The van der Waals surface area contributed by atoms with E-state index in [0.717, 1.165) is 32.1 Å². The molecule has 100 valence electrons. The molecule has 2 rings (SSSR count). The second-order valence-electron chi connectivity index (χ2n) is 5.21. The zero-order valence-corrected chi connectivity index (χ0v) is 10.8. The molecule has 0 aromatic carbocycles. The third kappa shape index (κ3) is 2.02. The molecule has 1 saturated carbocycles. The van der Waals surface area contributed by atoms with Crippen LogP contribution in [0.5, 0.6) is 0 Å². The first kappa shape index (κ1) is 13.1. The molecular weight excluding hydrogens is 232 g/mol. The molecule has 18 heavy (non-hydrogen) atoms. The van der Waals surface area contributed by atoms with Gasteiger partial charge in [0.1, 0.15) is 5.41 Å². The Hall–Kier alpha value is -1.39. The molecule has 2 fully saturated rings. The van der Waals surface area contributed by atoms with Gasteiger partial charge in [0.2, 0.25) is 11.8 Å². The van der Waals surface area contributed by atoms with Crippen LogP contribution in [0, 0.1) is 5.41 Å². The van der Waals surface area contributed by atoms with Crippen LogP contribution in [0.3, 0.4) is 0 Å². The Morgan fingerprint density at radius 3 is 2.44 bits per heavy atom. The molecule has 1 saturated heterocycles. The summed E-state index contributed by atoms with van der Waals surface area (Å²) in [6.07, 6.45) is 5.75. The van der Waals surface area contributed by atoms with Gasteiger partial charge in [0.25, 0.3) is 0 Å². The normalized spacial score (nSPS) is 22.7. The quantitative estimate of drug-likeness (QED) is 0.613. The van der Waals surface area contributed by atoms with E-state index in [1.54, 1.807) is 0 Å². The fraction of sp³-hybridized carbons (Fsp3) is 0.769. The van der Waals surface area contributed by atoms with Gasteiger partial charge in [-0.1, -0.05) is 32.6 Å². The first-order valence-corrected chi connectivity index (χ1v) is 6.79. The lowest BCUT2D eigenvalue weighted by molar-refractivity contribution is -0.151. The van der Waals surface area contributed by atoms with Gasteiger partial charge in [0.05, 0.1) is 0 Å². The average Bonchev–Trinajstić information content (AvgIpc) is 2.82. The summed E-state index contributed by atoms with van der Waals surface area (Å²) >= 11 is 0. The molecule has 1 aliphatic carbocycles. The van der Waals surface area contributed by atoms with Crippen LogP contribution < -0.4 is 5.32 Å². The van der Waals surface area contributed by atoms with Gasteiger partial charge in [-0.15, -0.1) is 0 Å². The lowest BCUT2D eigenvalue weighted by Crippen LogP contribution is -2.63. The van der Waals surface area contributed by atoms with Gasteiger partial charge in [0, 0.05) is 6.54 Å². The van der Waals surface area contributed by atoms with Crippen molar-refractivity contribution in [3.8, 4) is 0 Å². The summed E-state index contributed by atoms with van der Waals surface area (Å²) in [5.74, 6) is -0.661. The van der Waals surface area contributed by atoms with E-state index < -0.39 is 11.4 Å². The zero-order valence-electron chi connectivity index (χ0n) is 10.8. The minimum Gasteiger partial charge on any atom is -0.277 e. The number of unbranched alkanes of at least 4 members (excludes halogenated alkanes) is 2. The Balaban J connectivity index is 2.12. The second kappa shape index (κ2) is 5.08. The standard InChI is InChI=1S/C13H20N2O3/c1-2-3-6-9-15-11(17)13(7-4-5-8-13)10(16)14-12(15)18/h2-9H2,1H3,(H,14,16,18). The fourth-order valence-electron chi connectivity index (χ4n) is 2.87. The van der Waals surface area contributed by atoms with Crippen molar-refractivity contribution < 1.29 is 14.4 Å². The Labute approximate surface area is 107 Å². The minimum absolute atomic E-state index is 0.273. The van der Waals surface area contributed by atoms with E-state index in [-0.39, 0.29) is 11.8 Å². The molecule has 5 nitrogen and oxygen atoms in total. The number of hydrogen-bond acceptors (Lipinski definition) is 3. The molecule has 0 radical (unpaired) electrons. The van der Waals surface area contributed by atoms with Crippen molar-refractivity contribution in [2.45, 2.75) is 51.9 Å². The summed E-state index contributed by atoms with van der Waals surface area (Å²) in [6.45, 7) is 2.49. The van der Waals surface area contributed by atoms with Crippen LogP contribution in [-0.4, -0.2) is 29.3 Å². The Kier molecular flexibility index (Phi) is 3.68. The maximum Gasteiger partial charge on any atom is 0.330 e. The highest BCUT2D eigenvalue weighted by atomic mass is 16.2. The lowest BCUT2D eigenvalue weighted by Gasteiger charge is -2.36. The number of imide groups is 2. The third-order valence-corrected chi connectivity index (χ3v) is 4.00. The van der Waals surface area contributed by atoms with Crippen LogP contribution in [0.2, 0.25) is 0 Å². The summed E-state index contributed by atoms with van der Waals surface area (Å²) < 4.78 is 0. The van der Waals surface area contributed by atoms with Gasteiger partial charge in [-0.2, -0.15) is 0 Å². The fourth-order valence-corrected chi connectivity index (χ4v) is 2.87. The van der Waals surface area contributed by atoms with Crippen molar-refractivity contribution in [3.63, 3.8) is 0 Å². The molecule has 0 aromatic rings. The molecule has 0 bridgehead atoms. The van der Waals surface area contributed by atoms with Gasteiger partial charge in [0.15, 0.2) is 0 Å². The van der Waals surface area contributed by atoms with Crippen molar-refractivity contribution in [2.75, 3.05) is 6.54 Å². The Morgan fingerprint density at radius 2 is 1.83 bits per heavy atom. The summed E-state index contributed by atoms with van der Waals surface area (Å²) in [5, 5.41) is 2.35. The SMILES string of the molecule is CCCCCN1C(=O)NC(=O)C2(CCCC2)C1=O. The van der Waals surface area contributed by atoms with E-state index in [9.17, 15) is 14.4 Å². The van der Waals surface area contributed by atoms with Crippen LogP contribution in [-0.2, 0) is 9.59 Å². The highest BCUT2D eigenvalue weighted by Gasteiger charge is 2.54. The van der Waals surface area contributed by atoms with Crippen molar-refractivity contribution in [1.29, 1.82) is 0 Å². The van der Waals surface area contributed by atoms with Crippen LogP contribution >= 0.6 is 0 Å². The average molecular weight is 252 g/mol. The van der Waals surface area contributed by atoms with Crippen molar-refractivity contribution in [3.05, 3.63) is 0 Å². The van der Waals surface area contributed by atoms with E-state index in [2.05, 4.69) is 12.2 Å². The van der Waals surface area contributed by atoms with Gasteiger partial charge in [-0.05, 0) is 19.3 Å². The van der Waals surface area contributed by atoms with Crippen molar-refractivity contribution in [2.24, 2.45) is 5.41 Å². The monoisotopic (exact) mass is 252 g/mol. The molecule has 1 spiro atoms. The van der Waals surface area contributed by atoms with Gasteiger partial charge in [-0.3, -0.25) is 19.8 Å². The van der Waals surface area contributed by atoms with E-state index in [1.807, 2.05) is 0 Å². The molecule has 1 heterocycles. The van der Waals surface area contributed by atoms with Crippen LogP contribution in [0.25, 0.3) is 0 Å². The van der Waals surface area contributed by atoms with E-state index >= 15 is 0 Å². The van der Waals surface area contributed by atoms with Crippen LogP contribution in [0.4, 0.5) is 4.79 Å². The minimum atomic E-state index is -0.944. The summed E-state index contributed by atoms with van der Waals surface area (Å²) in [6, 6.07) is -0.543. The zero-order chi connectivity index (χ0) is 13.2. The molecule has 5 heteroatoms. The molecule has 0 atom stereocenters. The predicted octanol–water partition coefficient (Wildman–Crippen LogP) is 1.82. The molecule has 1 aliphatic heterocycles.